The highest BCUT2D eigenvalue weighted by Crippen LogP contribution is 2.26. The van der Waals surface area contributed by atoms with E-state index in [1.165, 1.54) is 12.1 Å². The summed E-state index contributed by atoms with van der Waals surface area (Å²) in [6.45, 7) is 4.17. The van der Waals surface area contributed by atoms with Gasteiger partial charge in [0.1, 0.15) is 5.82 Å². The molecule has 0 fully saturated rings. The highest BCUT2D eigenvalue weighted by molar-refractivity contribution is 6.17. The van der Waals surface area contributed by atoms with E-state index < -0.39 is 0 Å². The van der Waals surface area contributed by atoms with Crippen LogP contribution >= 0.6 is 11.6 Å². The van der Waals surface area contributed by atoms with Gasteiger partial charge in [-0.2, -0.15) is 0 Å². The largest absolute Gasteiger partial charge is 0.371 e. The van der Waals surface area contributed by atoms with Gasteiger partial charge in [0.05, 0.1) is 12.2 Å². The van der Waals surface area contributed by atoms with E-state index in [4.69, 9.17) is 16.3 Å². The molecule has 1 aromatic rings. The zero-order chi connectivity index (χ0) is 13.4. The summed E-state index contributed by atoms with van der Waals surface area (Å²) in [6.07, 6.45) is 4.20. The molecule has 0 heterocycles. The van der Waals surface area contributed by atoms with Crippen LogP contribution in [0.2, 0.25) is 0 Å². The number of halogens is 2. The first-order chi connectivity index (χ1) is 8.67. The van der Waals surface area contributed by atoms with Crippen molar-refractivity contribution < 1.29 is 9.13 Å². The molecule has 0 saturated carbocycles. The zero-order valence-electron chi connectivity index (χ0n) is 11.2. The maximum atomic E-state index is 12.9. The lowest BCUT2D eigenvalue weighted by atomic mass is 10.0. The fourth-order valence-corrected chi connectivity index (χ4v) is 1.98. The third-order valence-electron chi connectivity index (χ3n) is 3.06. The number of benzene rings is 1. The summed E-state index contributed by atoms with van der Waals surface area (Å²) in [4.78, 5) is 0. The van der Waals surface area contributed by atoms with Crippen LogP contribution in [-0.4, -0.2) is 12.0 Å². The summed E-state index contributed by atoms with van der Waals surface area (Å²) >= 11 is 5.69. The number of ether oxygens (including phenoxy) is 1. The van der Waals surface area contributed by atoms with Gasteiger partial charge >= 0.3 is 0 Å². The van der Waals surface area contributed by atoms with Gasteiger partial charge in [0, 0.05) is 5.88 Å². The van der Waals surface area contributed by atoms with E-state index in [1.807, 2.05) is 12.1 Å². The average Bonchev–Trinajstić information content (AvgIpc) is 2.38. The van der Waals surface area contributed by atoms with Gasteiger partial charge in [-0.05, 0) is 50.3 Å². The zero-order valence-corrected chi connectivity index (χ0v) is 11.9. The summed E-state index contributed by atoms with van der Waals surface area (Å²) in [5.74, 6) is 0.473. The fourth-order valence-electron chi connectivity index (χ4n) is 1.79. The molecule has 0 amide bonds. The second kappa shape index (κ2) is 8.49. The molecule has 1 nitrogen and oxygen atoms in total. The second-order valence-electron chi connectivity index (χ2n) is 4.58. The van der Waals surface area contributed by atoms with Gasteiger partial charge in [-0.15, -0.1) is 11.6 Å². The molecule has 0 bridgehead atoms. The van der Waals surface area contributed by atoms with Gasteiger partial charge in [0.25, 0.3) is 0 Å². The normalized spacial score (nSPS) is 14.4. The fraction of sp³-hybridized carbons (Fsp3) is 0.600. The Morgan fingerprint density at radius 3 is 2.44 bits per heavy atom. The van der Waals surface area contributed by atoms with Gasteiger partial charge < -0.3 is 4.74 Å². The maximum absolute atomic E-state index is 12.9. The van der Waals surface area contributed by atoms with Crippen molar-refractivity contribution in [2.45, 2.75) is 51.7 Å². The molecule has 1 rings (SSSR count). The molecule has 0 radical (unpaired) electrons. The van der Waals surface area contributed by atoms with Crippen molar-refractivity contribution in [3.05, 3.63) is 35.6 Å². The molecule has 0 aliphatic heterocycles. The topological polar surface area (TPSA) is 9.23 Å². The minimum atomic E-state index is -0.207. The molecule has 0 saturated heterocycles. The van der Waals surface area contributed by atoms with E-state index >= 15 is 0 Å². The standard InChI is InChI=1S/C15H22ClFO/c1-3-12(2)18-15(6-4-5-11-16)13-7-9-14(17)10-8-13/h7-10,12,15H,3-6,11H2,1-2H3. The molecule has 3 heteroatoms. The molecule has 0 N–H and O–H groups in total. The minimum Gasteiger partial charge on any atom is -0.371 e. The Kier molecular flexibility index (Phi) is 7.29. The molecule has 0 aromatic heterocycles. The van der Waals surface area contributed by atoms with Crippen LogP contribution in [0.4, 0.5) is 4.39 Å². The molecule has 102 valence electrons. The van der Waals surface area contributed by atoms with Crippen molar-refractivity contribution in [1.82, 2.24) is 0 Å². The van der Waals surface area contributed by atoms with Crippen LogP contribution in [0.5, 0.6) is 0 Å². The van der Waals surface area contributed by atoms with Crippen molar-refractivity contribution in [2.75, 3.05) is 5.88 Å². The van der Waals surface area contributed by atoms with E-state index in [-0.39, 0.29) is 18.0 Å². The number of hydrogen-bond donors (Lipinski definition) is 0. The first kappa shape index (κ1) is 15.5. The average molecular weight is 273 g/mol. The van der Waals surface area contributed by atoms with Gasteiger partial charge in [0.15, 0.2) is 0 Å². The lowest BCUT2D eigenvalue weighted by molar-refractivity contribution is -0.0108. The minimum absolute atomic E-state index is 0.0452. The Labute approximate surface area is 114 Å². The smallest absolute Gasteiger partial charge is 0.123 e. The van der Waals surface area contributed by atoms with Crippen molar-refractivity contribution >= 4 is 11.6 Å². The highest BCUT2D eigenvalue weighted by Gasteiger charge is 2.14. The molecule has 0 aliphatic rings. The lowest BCUT2D eigenvalue weighted by Crippen LogP contribution is -2.13. The number of unbranched alkanes of at least 4 members (excludes halogenated alkanes) is 1. The lowest BCUT2D eigenvalue weighted by Gasteiger charge is -2.22. The summed E-state index contributed by atoms with van der Waals surface area (Å²) < 4.78 is 18.9. The van der Waals surface area contributed by atoms with E-state index in [9.17, 15) is 4.39 Å². The Morgan fingerprint density at radius 2 is 1.89 bits per heavy atom. The quantitative estimate of drug-likeness (QED) is 0.473. The van der Waals surface area contributed by atoms with Crippen LogP contribution in [-0.2, 0) is 4.74 Å². The van der Waals surface area contributed by atoms with E-state index in [0.717, 1.165) is 31.2 Å². The van der Waals surface area contributed by atoms with Crippen molar-refractivity contribution in [3.63, 3.8) is 0 Å². The predicted molar refractivity (Wildman–Crippen MR) is 74.6 cm³/mol. The summed E-state index contributed by atoms with van der Waals surface area (Å²) in [6, 6.07) is 6.60. The van der Waals surface area contributed by atoms with Crippen LogP contribution in [0.1, 0.15) is 51.2 Å². The highest BCUT2D eigenvalue weighted by atomic mass is 35.5. The summed E-state index contributed by atoms with van der Waals surface area (Å²) in [7, 11) is 0. The Morgan fingerprint density at radius 1 is 1.22 bits per heavy atom. The SMILES string of the molecule is CCC(C)OC(CCCCCl)c1ccc(F)cc1. The van der Waals surface area contributed by atoms with Crippen molar-refractivity contribution in [1.29, 1.82) is 0 Å². The van der Waals surface area contributed by atoms with Crippen LogP contribution in [0.3, 0.4) is 0 Å². The monoisotopic (exact) mass is 272 g/mol. The molecular weight excluding hydrogens is 251 g/mol. The first-order valence-corrected chi connectivity index (χ1v) is 7.17. The third kappa shape index (κ3) is 5.36. The van der Waals surface area contributed by atoms with Crippen molar-refractivity contribution in [3.8, 4) is 0 Å². The maximum Gasteiger partial charge on any atom is 0.123 e. The summed E-state index contributed by atoms with van der Waals surface area (Å²) in [5, 5.41) is 0. The number of alkyl halides is 1. The Bertz CT molecular complexity index is 326. The van der Waals surface area contributed by atoms with Crippen molar-refractivity contribution in [2.24, 2.45) is 0 Å². The van der Waals surface area contributed by atoms with Crippen LogP contribution < -0.4 is 0 Å². The third-order valence-corrected chi connectivity index (χ3v) is 3.33. The van der Waals surface area contributed by atoms with Gasteiger partial charge in [0.2, 0.25) is 0 Å². The molecule has 1 aromatic carbocycles. The molecule has 0 aliphatic carbocycles. The number of hydrogen-bond acceptors (Lipinski definition) is 1. The molecule has 2 unspecified atom stereocenters. The van der Waals surface area contributed by atoms with Gasteiger partial charge in [-0.3, -0.25) is 0 Å². The molecule has 0 spiro atoms. The molecule has 18 heavy (non-hydrogen) atoms. The Balaban J connectivity index is 2.66. The van der Waals surface area contributed by atoms with Crippen LogP contribution in [0.15, 0.2) is 24.3 Å². The molecule has 2 atom stereocenters. The van der Waals surface area contributed by atoms with E-state index in [1.54, 1.807) is 0 Å². The van der Waals surface area contributed by atoms with E-state index in [2.05, 4.69) is 13.8 Å². The Hall–Kier alpha value is -0.600. The van der Waals surface area contributed by atoms with E-state index in [0.29, 0.717) is 5.88 Å². The second-order valence-corrected chi connectivity index (χ2v) is 4.96. The predicted octanol–water partition coefficient (Wildman–Crippen LogP) is 5.09. The first-order valence-electron chi connectivity index (χ1n) is 6.64. The van der Waals surface area contributed by atoms with Gasteiger partial charge in [-0.25, -0.2) is 4.39 Å². The molecular formula is C15H22ClFO. The van der Waals surface area contributed by atoms with Crippen LogP contribution in [0.25, 0.3) is 0 Å². The van der Waals surface area contributed by atoms with Crippen LogP contribution in [0, 0.1) is 5.82 Å². The summed E-state index contributed by atoms with van der Waals surface area (Å²) in [5.41, 5.74) is 1.05. The van der Waals surface area contributed by atoms with Gasteiger partial charge in [-0.1, -0.05) is 19.1 Å². The number of rotatable bonds is 8.